The lowest BCUT2D eigenvalue weighted by atomic mass is 10.00. The molecule has 0 saturated heterocycles. The number of benzene rings is 4. The maximum absolute atomic E-state index is 10.5. The summed E-state index contributed by atoms with van der Waals surface area (Å²) in [6.45, 7) is 2.06. The summed E-state index contributed by atoms with van der Waals surface area (Å²) in [6, 6.07) is 37.4. The standard InChI is InChI=1S/C36H25N3O/c1-22-18-30(38-31(19-22)28-12-4-5-14-33(28)40)24-9-6-10-26(21-24)39-32-16-15-25-20-23-8-2-3-11-27(23)34(25)35(32)29-13-7-17-37-36(29)39/h2-19,21,40H,20H2,1H3. The van der Waals surface area contributed by atoms with Crippen molar-refractivity contribution >= 4 is 21.9 Å². The van der Waals surface area contributed by atoms with E-state index in [9.17, 15) is 5.11 Å². The molecule has 0 unspecified atom stereocenters. The molecule has 0 amide bonds. The van der Waals surface area contributed by atoms with E-state index >= 15 is 0 Å². The van der Waals surface area contributed by atoms with Crippen molar-refractivity contribution in [1.82, 2.24) is 14.5 Å². The molecule has 3 aromatic heterocycles. The van der Waals surface area contributed by atoms with Gasteiger partial charge in [0.15, 0.2) is 0 Å². The van der Waals surface area contributed by atoms with Gasteiger partial charge in [-0.25, -0.2) is 9.97 Å². The molecule has 4 heteroatoms. The molecule has 40 heavy (non-hydrogen) atoms. The summed E-state index contributed by atoms with van der Waals surface area (Å²) < 4.78 is 2.27. The normalized spacial score (nSPS) is 12.1. The first-order valence-corrected chi connectivity index (χ1v) is 13.5. The van der Waals surface area contributed by atoms with Crippen LogP contribution in [-0.2, 0) is 6.42 Å². The third-order valence-electron chi connectivity index (χ3n) is 8.00. The highest BCUT2D eigenvalue weighted by molar-refractivity contribution is 6.16. The van der Waals surface area contributed by atoms with Gasteiger partial charge in [0.2, 0.25) is 0 Å². The van der Waals surface area contributed by atoms with E-state index < -0.39 is 0 Å². The maximum Gasteiger partial charge on any atom is 0.145 e. The third kappa shape index (κ3) is 3.39. The molecule has 4 aromatic carbocycles. The molecule has 1 aliphatic rings. The van der Waals surface area contributed by atoms with Crippen LogP contribution in [0.2, 0.25) is 0 Å². The number of hydrogen-bond acceptors (Lipinski definition) is 3. The fourth-order valence-electron chi connectivity index (χ4n) is 6.27. The molecule has 1 N–H and O–H groups in total. The number of pyridine rings is 2. The molecule has 7 aromatic rings. The number of aromatic hydroxyl groups is 1. The Hall–Kier alpha value is -5.22. The summed E-state index contributed by atoms with van der Waals surface area (Å²) in [5.74, 6) is 0.228. The number of fused-ring (bicyclic) bond motifs is 7. The van der Waals surface area contributed by atoms with Crippen molar-refractivity contribution in [2.75, 3.05) is 0 Å². The van der Waals surface area contributed by atoms with Gasteiger partial charge >= 0.3 is 0 Å². The van der Waals surface area contributed by atoms with Gasteiger partial charge in [-0.05, 0) is 95.8 Å². The second-order valence-electron chi connectivity index (χ2n) is 10.5. The molecule has 8 rings (SSSR count). The minimum absolute atomic E-state index is 0.228. The zero-order valence-electron chi connectivity index (χ0n) is 22.0. The Morgan fingerprint density at radius 2 is 1.55 bits per heavy atom. The lowest BCUT2D eigenvalue weighted by molar-refractivity contribution is 0.477. The summed E-state index contributed by atoms with van der Waals surface area (Å²) in [4.78, 5) is 9.85. The van der Waals surface area contributed by atoms with Gasteiger partial charge in [-0.1, -0.05) is 54.6 Å². The second-order valence-corrected chi connectivity index (χ2v) is 10.5. The molecular weight excluding hydrogens is 490 g/mol. The van der Waals surface area contributed by atoms with Crippen molar-refractivity contribution in [2.24, 2.45) is 0 Å². The number of phenolic OH excluding ortho intramolecular Hbond substituents is 1. The zero-order chi connectivity index (χ0) is 26.8. The van der Waals surface area contributed by atoms with Crippen molar-refractivity contribution < 1.29 is 5.11 Å². The monoisotopic (exact) mass is 515 g/mol. The van der Waals surface area contributed by atoms with Crippen LogP contribution in [0.1, 0.15) is 16.7 Å². The second kappa shape index (κ2) is 8.65. The molecule has 190 valence electrons. The summed E-state index contributed by atoms with van der Waals surface area (Å²) in [5.41, 5.74) is 13.0. The third-order valence-corrected chi connectivity index (χ3v) is 8.00. The molecule has 0 atom stereocenters. The summed E-state index contributed by atoms with van der Waals surface area (Å²) in [7, 11) is 0. The fraction of sp³-hybridized carbons (Fsp3) is 0.0556. The Labute approximate surface area is 231 Å². The van der Waals surface area contributed by atoms with E-state index in [4.69, 9.17) is 9.97 Å². The Bertz CT molecular complexity index is 2120. The van der Waals surface area contributed by atoms with Crippen LogP contribution in [-0.4, -0.2) is 19.6 Å². The van der Waals surface area contributed by atoms with E-state index in [1.54, 1.807) is 6.07 Å². The van der Waals surface area contributed by atoms with Crippen molar-refractivity contribution in [1.29, 1.82) is 0 Å². The summed E-state index contributed by atoms with van der Waals surface area (Å²) in [6.07, 6.45) is 2.83. The highest BCUT2D eigenvalue weighted by Gasteiger charge is 2.25. The summed E-state index contributed by atoms with van der Waals surface area (Å²) in [5, 5.41) is 12.9. The Balaban J connectivity index is 1.34. The highest BCUT2D eigenvalue weighted by Crippen LogP contribution is 2.45. The van der Waals surface area contributed by atoms with Gasteiger partial charge in [0, 0.05) is 33.8 Å². The van der Waals surface area contributed by atoms with E-state index in [0.717, 1.165) is 56.7 Å². The van der Waals surface area contributed by atoms with Crippen LogP contribution in [0.15, 0.2) is 115 Å². The Morgan fingerprint density at radius 3 is 2.45 bits per heavy atom. The lowest BCUT2D eigenvalue weighted by Gasteiger charge is -2.12. The average Bonchev–Trinajstić information content (AvgIpc) is 3.53. The Morgan fingerprint density at radius 1 is 0.725 bits per heavy atom. The van der Waals surface area contributed by atoms with Crippen LogP contribution in [0, 0.1) is 6.92 Å². The molecule has 0 bridgehead atoms. The minimum atomic E-state index is 0.228. The average molecular weight is 516 g/mol. The topological polar surface area (TPSA) is 50.9 Å². The number of phenols is 1. The maximum atomic E-state index is 10.5. The highest BCUT2D eigenvalue weighted by atomic mass is 16.3. The summed E-state index contributed by atoms with van der Waals surface area (Å²) >= 11 is 0. The first-order valence-electron chi connectivity index (χ1n) is 13.5. The minimum Gasteiger partial charge on any atom is -0.507 e. The molecule has 1 aliphatic carbocycles. The van der Waals surface area contributed by atoms with Crippen molar-refractivity contribution in [2.45, 2.75) is 13.3 Å². The molecule has 3 heterocycles. The number of rotatable bonds is 3. The SMILES string of the molecule is Cc1cc(-c2cccc(-n3c4ccc5c(c4c4cccnc43)-c3ccccc3C5)c2)nc(-c2ccccc2O)c1. The largest absolute Gasteiger partial charge is 0.507 e. The zero-order valence-corrected chi connectivity index (χ0v) is 22.0. The predicted molar refractivity (Wildman–Crippen MR) is 162 cm³/mol. The van der Waals surface area contributed by atoms with Crippen LogP contribution < -0.4 is 0 Å². The molecule has 0 aliphatic heterocycles. The van der Waals surface area contributed by atoms with Gasteiger partial charge in [0.1, 0.15) is 11.4 Å². The van der Waals surface area contributed by atoms with Crippen molar-refractivity contribution in [3.8, 4) is 45.1 Å². The quantitative estimate of drug-likeness (QED) is 0.257. The van der Waals surface area contributed by atoms with E-state index in [1.807, 2.05) is 36.5 Å². The first kappa shape index (κ1) is 22.7. The van der Waals surface area contributed by atoms with Crippen LogP contribution in [0.3, 0.4) is 0 Å². The van der Waals surface area contributed by atoms with Gasteiger partial charge in [-0.2, -0.15) is 0 Å². The Kier molecular flexibility index (Phi) is 4.92. The molecule has 0 saturated carbocycles. The van der Waals surface area contributed by atoms with Crippen LogP contribution in [0.4, 0.5) is 0 Å². The number of aromatic nitrogens is 3. The number of para-hydroxylation sites is 1. The smallest absolute Gasteiger partial charge is 0.145 e. The van der Waals surface area contributed by atoms with Crippen LogP contribution in [0.5, 0.6) is 5.75 Å². The molecule has 0 spiro atoms. The molecule has 4 nitrogen and oxygen atoms in total. The van der Waals surface area contributed by atoms with Gasteiger partial charge in [0.25, 0.3) is 0 Å². The van der Waals surface area contributed by atoms with Gasteiger partial charge in [0.05, 0.1) is 16.9 Å². The van der Waals surface area contributed by atoms with E-state index in [2.05, 4.69) is 84.3 Å². The van der Waals surface area contributed by atoms with Crippen LogP contribution >= 0.6 is 0 Å². The van der Waals surface area contributed by atoms with Crippen LogP contribution in [0.25, 0.3) is 61.3 Å². The van der Waals surface area contributed by atoms with E-state index in [1.165, 1.54) is 27.6 Å². The van der Waals surface area contributed by atoms with Gasteiger partial charge in [-0.15, -0.1) is 0 Å². The molecule has 0 radical (unpaired) electrons. The van der Waals surface area contributed by atoms with Gasteiger partial charge in [-0.3, -0.25) is 4.57 Å². The van der Waals surface area contributed by atoms with Crippen molar-refractivity contribution in [3.63, 3.8) is 0 Å². The van der Waals surface area contributed by atoms with Gasteiger partial charge < -0.3 is 5.11 Å². The van der Waals surface area contributed by atoms with E-state index in [-0.39, 0.29) is 5.75 Å². The first-order chi connectivity index (χ1) is 19.7. The molecule has 0 fully saturated rings. The van der Waals surface area contributed by atoms with Crippen molar-refractivity contribution in [3.05, 3.63) is 132 Å². The number of nitrogens with zero attached hydrogens (tertiary/aromatic N) is 3. The fourth-order valence-corrected chi connectivity index (χ4v) is 6.27. The number of hydrogen-bond donors (Lipinski definition) is 1. The molecular formula is C36H25N3O. The van der Waals surface area contributed by atoms with E-state index in [0.29, 0.717) is 0 Å². The lowest BCUT2D eigenvalue weighted by Crippen LogP contribution is -1.97. The predicted octanol–water partition coefficient (Wildman–Crippen LogP) is 8.49. The number of aryl methyl sites for hydroxylation is 1.